The van der Waals surface area contributed by atoms with Crippen LogP contribution in [-0.4, -0.2) is 204 Å². The van der Waals surface area contributed by atoms with E-state index in [1.165, 1.54) is 38.1 Å². The maximum absolute atomic E-state index is 14.3. The van der Waals surface area contributed by atoms with Crippen molar-refractivity contribution in [3.05, 3.63) is 29.8 Å². The van der Waals surface area contributed by atoms with Gasteiger partial charge in [-0.05, 0) is 164 Å². The monoisotopic (exact) mass is 1430 g/mol. The summed E-state index contributed by atoms with van der Waals surface area (Å²) in [7, 11) is 0. The second kappa shape index (κ2) is 47.9. The van der Waals surface area contributed by atoms with E-state index in [9.17, 15) is 77.6 Å². The molecule has 0 unspecified atom stereocenters. The predicted molar refractivity (Wildman–Crippen MR) is 379 cm³/mol. The Balaban J connectivity index is 3.33. The number of carboxylic acid groups (broad SMARTS) is 1. The average molecular weight is 1430 g/mol. The molecule has 33 heteroatoms. The van der Waals surface area contributed by atoms with Crippen LogP contribution in [0.3, 0.4) is 0 Å². The van der Waals surface area contributed by atoms with Crippen molar-refractivity contribution in [1.82, 2.24) is 63.8 Å². The molecule has 0 aromatic heterocycles. The molecule has 0 radical (unpaired) electrons. The first kappa shape index (κ1) is 90.9. The molecule has 1 rings (SSSR count). The lowest BCUT2D eigenvalue weighted by atomic mass is 9.98. The van der Waals surface area contributed by atoms with Crippen LogP contribution in [0.25, 0.3) is 0 Å². The van der Waals surface area contributed by atoms with Gasteiger partial charge in [-0.25, -0.2) is 4.79 Å². The molecule has 0 spiro atoms. The second-order valence-corrected chi connectivity index (χ2v) is 27.5. The molecular weight excluding hydrogens is 1310 g/mol. The number of phenols is 1. The number of hydrogen-bond donors (Lipinski definition) is 20. The van der Waals surface area contributed by atoms with E-state index in [-0.39, 0.29) is 50.3 Å². The summed E-state index contributed by atoms with van der Waals surface area (Å²) in [6.45, 7) is 19.5. The number of aliphatic hydroxyl groups excluding tert-OH is 1. The van der Waals surface area contributed by atoms with Gasteiger partial charge in [0.25, 0.3) is 0 Å². The van der Waals surface area contributed by atoms with Crippen molar-refractivity contribution in [3.8, 4) is 5.75 Å². The number of carbonyl (C=O) groups is 13. The summed E-state index contributed by atoms with van der Waals surface area (Å²) < 4.78 is 0. The maximum Gasteiger partial charge on any atom is 0.326 e. The molecule has 574 valence electrons. The number of carboxylic acids is 1. The number of phenolic OH excluding ortho intramolecular Hbond substituents is 1. The quantitative estimate of drug-likeness (QED) is 0.0297. The van der Waals surface area contributed by atoms with Gasteiger partial charge < -0.3 is 108 Å². The van der Waals surface area contributed by atoms with Crippen molar-refractivity contribution in [1.29, 1.82) is 0 Å². The Labute approximate surface area is 594 Å². The van der Waals surface area contributed by atoms with Crippen molar-refractivity contribution in [2.24, 2.45) is 58.3 Å². The summed E-state index contributed by atoms with van der Waals surface area (Å²) in [6, 6.07) is -9.93. The van der Waals surface area contributed by atoms with Gasteiger partial charge in [-0.1, -0.05) is 87.8 Å². The van der Waals surface area contributed by atoms with Crippen molar-refractivity contribution in [2.45, 2.75) is 252 Å². The van der Waals surface area contributed by atoms with Gasteiger partial charge in [0.15, 0.2) is 0 Å². The van der Waals surface area contributed by atoms with Gasteiger partial charge in [-0.2, -0.15) is 0 Å². The summed E-state index contributed by atoms with van der Waals surface area (Å²) in [6.07, 6.45) is 2.95. The van der Waals surface area contributed by atoms with Crippen LogP contribution in [0, 0.1) is 29.6 Å². The van der Waals surface area contributed by atoms with Crippen LogP contribution in [0.1, 0.15) is 172 Å². The van der Waals surface area contributed by atoms with Gasteiger partial charge in [0, 0.05) is 6.42 Å². The fourth-order valence-corrected chi connectivity index (χ4v) is 10.5. The van der Waals surface area contributed by atoms with Crippen molar-refractivity contribution in [3.63, 3.8) is 0 Å². The molecule has 0 saturated heterocycles. The first-order valence-electron chi connectivity index (χ1n) is 35.3. The van der Waals surface area contributed by atoms with Crippen LogP contribution < -0.4 is 92.5 Å². The van der Waals surface area contributed by atoms with E-state index in [2.05, 4.69) is 63.8 Å². The van der Waals surface area contributed by atoms with Crippen LogP contribution in [-0.2, 0) is 68.7 Å². The van der Waals surface area contributed by atoms with Gasteiger partial charge >= 0.3 is 5.97 Å². The van der Waals surface area contributed by atoms with E-state index in [1.54, 1.807) is 69.2 Å². The van der Waals surface area contributed by atoms with E-state index in [4.69, 9.17) is 28.7 Å². The summed E-state index contributed by atoms with van der Waals surface area (Å²) in [5.41, 5.74) is 29.5. The number of unbranched alkanes of at least 4 members (excludes halogenated alkanes) is 4. The number of aliphatic hydroxyl groups is 1. The number of nitrogens with one attached hydrogen (secondary N) is 12. The molecule has 0 aliphatic heterocycles. The van der Waals surface area contributed by atoms with Crippen LogP contribution in [0.15, 0.2) is 24.3 Å². The number of aromatic hydroxyl groups is 1. The molecule has 25 N–H and O–H groups in total. The van der Waals surface area contributed by atoms with Crippen LogP contribution >= 0.6 is 0 Å². The third-order valence-electron chi connectivity index (χ3n) is 16.6. The van der Waals surface area contributed by atoms with Gasteiger partial charge in [0.05, 0.1) is 18.7 Å². The molecule has 33 nitrogen and oxygen atoms in total. The number of rotatable bonds is 50. The third kappa shape index (κ3) is 34.4. The SMILES string of the molecule is CC(C)C[C@H](NC(=O)[C@@H](NC(=O)[C@H](Cc1ccc(O)cc1)NC(=O)[C@@H](NC(=O)[C@H](C)NC(=O)CNC(=O)[C@@H](NC(=O)[C@@H](NC(=O)[C@H](CCCCN)NC(=O)[C@H](CCCCN)NC(=O)[C@H](CCCCN)NC(=O)[C@@H](N)CCCCN)C(C)C)C(C)C)[C@@H](C)O)C(C)C)C(=O)N[C@H](C(=O)O)C(C)C. The Morgan fingerprint density at radius 3 is 1.13 bits per heavy atom. The standard InChI is InChI=1S/C68H121N17O16/c1-36(2)33-49(62(94)84-55(40(9)10)68(100)101)79-65(97)53(38(5)6)82-63(95)50(34-43-25-27-44(87)28-26-43)80-67(99)56(42(12)86)85-57(89)41(11)75-51(88)35-74-64(96)52(37(3)4)83-66(98)54(39(7)8)81-61(93)48(24-16-20-32-72)78-60(92)47(23-15-19-31-71)77-59(91)46(22-14-18-30-70)76-58(90)45(73)21-13-17-29-69/h25-28,36-42,45-50,52-56,86-87H,13-24,29-35,69-73H2,1-12H3,(H,74,96)(H,75,88)(H,76,90)(H,77,91)(H,78,92)(H,79,97)(H,80,99)(H,81,93)(H,82,95)(H,83,98)(H,84,94)(H,85,89)(H,100,101)/t41-,42+,45-,46-,47-,48-,49-,50-,52-,53-,54-,55-,56-/m0/s1. The molecular formula is C68H121N17O16. The van der Waals surface area contributed by atoms with Crippen LogP contribution in [0.4, 0.5) is 0 Å². The Morgan fingerprint density at radius 2 is 0.713 bits per heavy atom. The summed E-state index contributed by atoms with van der Waals surface area (Å²) in [5, 5.41) is 61.7. The molecule has 13 atom stereocenters. The number of nitrogens with two attached hydrogens (primary N) is 5. The number of benzene rings is 1. The fourth-order valence-electron chi connectivity index (χ4n) is 10.5. The Morgan fingerprint density at radius 1 is 0.376 bits per heavy atom. The normalized spacial score (nSPS) is 15.3. The van der Waals surface area contributed by atoms with Crippen LogP contribution in [0.5, 0.6) is 5.75 Å². The lowest BCUT2D eigenvalue weighted by Gasteiger charge is -2.29. The van der Waals surface area contributed by atoms with Gasteiger partial charge in [-0.15, -0.1) is 0 Å². The Bertz CT molecular complexity index is 2810. The molecule has 1 aromatic rings. The zero-order chi connectivity index (χ0) is 76.8. The average Bonchev–Trinajstić information content (AvgIpc) is 0.851. The number of amides is 12. The molecule has 12 amide bonds. The summed E-state index contributed by atoms with van der Waals surface area (Å²) in [4.78, 5) is 178. The third-order valence-corrected chi connectivity index (χ3v) is 16.6. The van der Waals surface area contributed by atoms with E-state index < -0.39 is 186 Å². The molecule has 0 aliphatic carbocycles. The molecule has 0 bridgehead atoms. The molecule has 0 saturated carbocycles. The molecule has 0 fully saturated rings. The van der Waals surface area contributed by atoms with Gasteiger partial charge in [0.1, 0.15) is 72.2 Å². The molecule has 0 heterocycles. The first-order chi connectivity index (χ1) is 47.4. The molecule has 101 heavy (non-hydrogen) atoms. The zero-order valence-electron chi connectivity index (χ0n) is 61.2. The number of carbonyl (C=O) groups excluding carboxylic acids is 12. The van der Waals surface area contributed by atoms with E-state index in [1.807, 2.05) is 0 Å². The first-order valence-corrected chi connectivity index (χ1v) is 35.3. The molecule has 0 aliphatic rings. The second-order valence-electron chi connectivity index (χ2n) is 27.5. The highest BCUT2D eigenvalue weighted by Gasteiger charge is 2.38. The Kier molecular flexibility index (Phi) is 43.1. The number of aliphatic carboxylic acids is 1. The van der Waals surface area contributed by atoms with Crippen LogP contribution in [0.2, 0.25) is 0 Å². The fraction of sp³-hybridized carbons (Fsp3) is 0.721. The lowest BCUT2D eigenvalue weighted by molar-refractivity contribution is -0.143. The summed E-state index contributed by atoms with van der Waals surface area (Å²) in [5.74, 6) is -13.6. The lowest BCUT2D eigenvalue weighted by Crippen LogP contribution is -2.62. The van der Waals surface area contributed by atoms with E-state index >= 15 is 0 Å². The zero-order valence-corrected chi connectivity index (χ0v) is 61.2. The highest BCUT2D eigenvalue weighted by Crippen LogP contribution is 2.16. The van der Waals surface area contributed by atoms with Gasteiger partial charge in [0.2, 0.25) is 70.9 Å². The topological polar surface area (TPSA) is 557 Å². The van der Waals surface area contributed by atoms with E-state index in [0.717, 1.165) is 0 Å². The minimum Gasteiger partial charge on any atom is -0.508 e. The molecule has 1 aromatic carbocycles. The predicted octanol–water partition coefficient (Wildman–Crippen LogP) is -2.62. The van der Waals surface area contributed by atoms with Gasteiger partial charge in [-0.3, -0.25) is 57.5 Å². The smallest absolute Gasteiger partial charge is 0.326 e. The van der Waals surface area contributed by atoms with Crippen molar-refractivity contribution >= 4 is 76.9 Å². The highest BCUT2D eigenvalue weighted by molar-refractivity contribution is 5.99. The minimum absolute atomic E-state index is 0.0689. The summed E-state index contributed by atoms with van der Waals surface area (Å²) >= 11 is 0. The number of hydrogen-bond acceptors (Lipinski definition) is 20. The Hall–Kier alpha value is -8.11. The maximum atomic E-state index is 14.3. The minimum atomic E-state index is -1.77. The van der Waals surface area contributed by atoms with Crippen molar-refractivity contribution in [2.75, 3.05) is 32.7 Å². The van der Waals surface area contributed by atoms with Crippen molar-refractivity contribution < 1.29 is 77.6 Å². The van der Waals surface area contributed by atoms with E-state index in [0.29, 0.717) is 83.0 Å². The highest BCUT2D eigenvalue weighted by atomic mass is 16.4. The largest absolute Gasteiger partial charge is 0.508 e.